The molecule has 0 unspecified atom stereocenters. The number of ether oxygens (including phenoxy) is 1. The number of fused-ring (bicyclic) bond motifs is 1. The number of benzene rings is 1. The molecular weight excluding hydrogens is 330 g/mol. The van der Waals surface area contributed by atoms with Crippen LogP contribution in [0.3, 0.4) is 0 Å². The van der Waals surface area contributed by atoms with Crippen LogP contribution in [0.1, 0.15) is 17.4 Å². The molecule has 0 N–H and O–H groups in total. The highest BCUT2D eigenvalue weighted by atomic mass is 16.5. The van der Waals surface area contributed by atoms with Crippen molar-refractivity contribution in [2.75, 3.05) is 0 Å². The number of imidazole rings is 1. The van der Waals surface area contributed by atoms with E-state index in [1.807, 2.05) is 30.3 Å². The highest BCUT2D eigenvalue weighted by Crippen LogP contribution is 2.31. The van der Waals surface area contributed by atoms with Crippen LogP contribution in [-0.4, -0.2) is 24.7 Å². The van der Waals surface area contributed by atoms with Crippen molar-refractivity contribution in [2.45, 2.75) is 19.3 Å². The molecule has 0 radical (unpaired) electrons. The number of hydrogen-bond acceptors (Lipinski definition) is 6. The number of nitrogens with zero attached hydrogens (tertiary/aromatic N) is 5. The second kappa shape index (κ2) is 6.20. The Labute approximate surface area is 149 Å². The van der Waals surface area contributed by atoms with E-state index >= 15 is 0 Å². The molecule has 1 aliphatic rings. The van der Waals surface area contributed by atoms with Gasteiger partial charge in [-0.25, -0.2) is 4.98 Å². The summed E-state index contributed by atoms with van der Waals surface area (Å²) in [5.74, 6) is 0.912. The molecule has 128 valence electrons. The molecule has 0 saturated carbocycles. The number of pyridine rings is 1. The third-order valence-electron chi connectivity index (χ3n) is 4.47. The largest absolute Gasteiger partial charge is 0.365 e. The van der Waals surface area contributed by atoms with Gasteiger partial charge in [0.25, 0.3) is 5.89 Å². The van der Waals surface area contributed by atoms with E-state index in [1.54, 1.807) is 18.7 Å². The van der Waals surface area contributed by atoms with Crippen molar-refractivity contribution in [3.63, 3.8) is 0 Å². The molecule has 3 aromatic heterocycles. The summed E-state index contributed by atoms with van der Waals surface area (Å²) < 4.78 is 13.6. The third-order valence-corrected chi connectivity index (χ3v) is 4.47. The van der Waals surface area contributed by atoms with E-state index in [0.29, 0.717) is 30.6 Å². The van der Waals surface area contributed by atoms with Gasteiger partial charge in [0.1, 0.15) is 6.10 Å². The first-order valence-electron chi connectivity index (χ1n) is 8.33. The van der Waals surface area contributed by atoms with Gasteiger partial charge < -0.3 is 13.8 Å². The Bertz CT molecular complexity index is 1030. The lowest BCUT2D eigenvalue weighted by atomic mass is 10.1. The van der Waals surface area contributed by atoms with Gasteiger partial charge in [-0.05, 0) is 17.7 Å². The fourth-order valence-corrected chi connectivity index (χ4v) is 3.11. The summed E-state index contributed by atoms with van der Waals surface area (Å²) in [4.78, 5) is 12.9. The van der Waals surface area contributed by atoms with Gasteiger partial charge in [0.05, 0.1) is 25.2 Å². The molecule has 1 atom stereocenters. The van der Waals surface area contributed by atoms with Crippen LogP contribution < -0.4 is 0 Å². The zero-order valence-electron chi connectivity index (χ0n) is 13.8. The summed E-state index contributed by atoms with van der Waals surface area (Å²) >= 11 is 0. The monoisotopic (exact) mass is 345 g/mol. The Hall–Kier alpha value is -3.32. The zero-order valence-corrected chi connectivity index (χ0v) is 13.8. The maximum absolute atomic E-state index is 6.04. The van der Waals surface area contributed by atoms with Crippen molar-refractivity contribution in [1.82, 2.24) is 24.7 Å². The summed E-state index contributed by atoms with van der Waals surface area (Å²) in [5.41, 5.74) is 3.63. The Kier molecular flexibility index (Phi) is 3.57. The number of hydrogen-bond donors (Lipinski definition) is 0. The molecule has 4 aromatic rings. The van der Waals surface area contributed by atoms with Crippen LogP contribution in [0.4, 0.5) is 0 Å². The van der Waals surface area contributed by atoms with E-state index in [0.717, 1.165) is 16.8 Å². The minimum atomic E-state index is 0.0146. The standard InChI is InChI=1S/C19H15N5O2/c1-2-4-13(5-3-1)16-10-24-12-21-17(15(24)11-25-16)19-22-18(23-26-19)14-6-8-20-9-7-14/h1-9,12,16H,10-11H2/t16-/m0/s1. The lowest BCUT2D eigenvalue weighted by Crippen LogP contribution is -2.20. The smallest absolute Gasteiger partial charge is 0.278 e. The molecule has 0 saturated heterocycles. The highest BCUT2D eigenvalue weighted by Gasteiger charge is 2.26. The lowest BCUT2D eigenvalue weighted by Gasteiger charge is -2.25. The van der Waals surface area contributed by atoms with E-state index in [1.165, 1.54) is 0 Å². The molecule has 0 amide bonds. The van der Waals surface area contributed by atoms with Crippen molar-refractivity contribution in [2.24, 2.45) is 0 Å². The van der Waals surface area contributed by atoms with Gasteiger partial charge in [-0.15, -0.1) is 0 Å². The maximum atomic E-state index is 6.04. The summed E-state index contributed by atoms with van der Waals surface area (Å²) in [6.07, 6.45) is 5.21. The van der Waals surface area contributed by atoms with Gasteiger partial charge in [-0.1, -0.05) is 35.5 Å². The average molecular weight is 345 g/mol. The van der Waals surface area contributed by atoms with Crippen LogP contribution in [0.5, 0.6) is 0 Å². The van der Waals surface area contributed by atoms with Gasteiger partial charge in [0, 0.05) is 18.0 Å². The third kappa shape index (κ3) is 2.58. The molecule has 0 aliphatic carbocycles. The minimum absolute atomic E-state index is 0.0146. The second-order valence-electron chi connectivity index (χ2n) is 6.06. The molecular formula is C19H15N5O2. The quantitative estimate of drug-likeness (QED) is 0.567. The molecule has 7 heteroatoms. The molecule has 26 heavy (non-hydrogen) atoms. The van der Waals surface area contributed by atoms with Crippen molar-refractivity contribution in [1.29, 1.82) is 0 Å². The van der Waals surface area contributed by atoms with Gasteiger partial charge in [-0.2, -0.15) is 4.98 Å². The average Bonchev–Trinajstić information content (AvgIpc) is 3.36. The number of aromatic nitrogens is 5. The Balaban J connectivity index is 1.43. The highest BCUT2D eigenvalue weighted by molar-refractivity contribution is 5.58. The first kappa shape index (κ1) is 15.0. The van der Waals surface area contributed by atoms with E-state index in [4.69, 9.17) is 9.26 Å². The summed E-state index contributed by atoms with van der Waals surface area (Å²) in [6, 6.07) is 13.9. The minimum Gasteiger partial charge on any atom is -0.365 e. The fourth-order valence-electron chi connectivity index (χ4n) is 3.11. The van der Waals surface area contributed by atoms with Gasteiger partial charge >= 0.3 is 0 Å². The summed E-state index contributed by atoms with van der Waals surface area (Å²) in [7, 11) is 0. The van der Waals surface area contributed by atoms with Crippen LogP contribution in [0.2, 0.25) is 0 Å². The summed E-state index contributed by atoms with van der Waals surface area (Å²) in [6.45, 7) is 1.15. The topological polar surface area (TPSA) is 78.9 Å². The van der Waals surface area contributed by atoms with Crippen molar-refractivity contribution in [3.05, 3.63) is 72.4 Å². The Morgan fingerprint density at radius 3 is 2.73 bits per heavy atom. The van der Waals surface area contributed by atoms with Gasteiger partial charge in [-0.3, -0.25) is 4.98 Å². The van der Waals surface area contributed by atoms with Crippen LogP contribution in [-0.2, 0) is 17.9 Å². The van der Waals surface area contributed by atoms with Crippen molar-refractivity contribution < 1.29 is 9.26 Å². The van der Waals surface area contributed by atoms with Crippen LogP contribution in [0, 0.1) is 0 Å². The Morgan fingerprint density at radius 1 is 1.04 bits per heavy atom. The predicted molar refractivity (Wildman–Crippen MR) is 92.7 cm³/mol. The molecule has 0 bridgehead atoms. The molecule has 0 fully saturated rings. The fraction of sp³-hybridized carbons (Fsp3) is 0.158. The van der Waals surface area contributed by atoms with E-state index in [9.17, 15) is 0 Å². The first-order chi connectivity index (χ1) is 12.9. The van der Waals surface area contributed by atoms with E-state index in [2.05, 4.69) is 36.8 Å². The van der Waals surface area contributed by atoms with Gasteiger partial charge in [0.2, 0.25) is 5.82 Å². The molecule has 0 spiro atoms. The molecule has 1 aliphatic heterocycles. The predicted octanol–water partition coefficient (Wildman–Crippen LogP) is 3.27. The van der Waals surface area contributed by atoms with Crippen LogP contribution >= 0.6 is 0 Å². The van der Waals surface area contributed by atoms with Crippen LogP contribution in [0.25, 0.3) is 23.0 Å². The molecule has 5 rings (SSSR count). The Morgan fingerprint density at radius 2 is 1.88 bits per heavy atom. The second-order valence-corrected chi connectivity index (χ2v) is 6.06. The zero-order chi connectivity index (χ0) is 17.3. The van der Waals surface area contributed by atoms with Gasteiger partial charge in [0.15, 0.2) is 5.69 Å². The normalized spacial score (nSPS) is 16.4. The number of rotatable bonds is 3. The van der Waals surface area contributed by atoms with Crippen LogP contribution in [0.15, 0.2) is 65.7 Å². The SMILES string of the molecule is c1ccc([C@@H]2Cn3cnc(-c4nc(-c5ccncc5)no4)c3CO2)cc1. The maximum Gasteiger partial charge on any atom is 0.278 e. The van der Waals surface area contributed by atoms with E-state index < -0.39 is 0 Å². The first-order valence-corrected chi connectivity index (χ1v) is 8.33. The van der Waals surface area contributed by atoms with E-state index in [-0.39, 0.29) is 6.10 Å². The molecule has 1 aromatic carbocycles. The molecule has 4 heterocycles. The molecule has 7 nitrogen and oxygen atoms in total. The summed E-state index contributed by atoms with van der Waals surface area (Å²) in [5, 5.41) is 4.05. The lowest BCUT2D eigenvalue weighted by molar-refractivity contribution is 0.00330. The van der Waals surface area contributed by atoms with Crippen molar-refractivity contribution in [3.8, 4) is 23.0 Å². The van der Waals surface area contributed by atoms with Crippen molar-refractivity contribution >= 4 is 0 Å².